The smallest absolute Gasteiger partial charge is 0.145 e. The van der Waals surface area contributed by atoms with Crippen molar-refractivity contribution in [1.29, 1.82) is 0 Å². The van der Waals surface area contributed by atoms with Crippen LogP contribution < -0.4 is 4.90 Å². The molecule has 0 radical (unpaired) electrons. The van der Waals surface area contributed by atoms with Crippen LogP contribution in [0.5, 0.6) is 0 Å². The minimum atomic E-state index is 0.865. The highest BCUT2D eigenvalue weighted by Crippen LogP contribution is 2.48. The maximum absolute atomic E-state index is 6.98. The van der Waals surface area contributed by atoms with Crippen LogP contribution in [0.1, 0.15) is 0 Å². The van der Waals surface area contributed by atoms with Gasteiger partial charge in [0.05, 0.1) is 11.1 Å². The van der Waals surface area contributed by atoms with E-state index in [1.165, 1.54) is 42.4 Å². The molecule has 3 heteroatoms. The van der Waals surface area contributed by atoms with Gasteiger partial charge in [-0.3, -0.25) is 0 Å². The first-order valence-electron chi connectivity index (χ1n) is 19.3. The first-order chi connectivity index (χ1) is 28.2. The van der Waals surface area contributed by atoms with E-state index < -0.39 is 0 Å². The van der Waals surface area contributed by atoms with Crippen molar-refractivity contribution in [2.75, 3.05) is 4.90 Å². The highest BCUT2D eigenvalue weighted by Gasteiger charge is 2.23. The Bertz CT molecular complexity index is 3200. The largest absolute Gasteiger partial charge is 0.455 e. The van der Waals surface area contributed by atoms with Crippen LogP contribution in [0, 0.1) is 0 Å². The van der Waals surface area contributed by atoms with Crippen molar-refractivity contribution in [2.45, 2.75) is 0 Å². The van der Waals surface area contributed by atoms with Crippen LogP contribution in [0.15, 0.2) is 217 Å². The molecule has 0 unspecified atom stereocenters. The van der Waals surface area contributed by atoms with E-state index in [4.69, 9.17) is 4.42 Å². The lowest BCUT2D eigenvalue weighted by Crippen LogP contribution is -2.10. The zero-order chi connectivity index (χ0) is 37.7. The molecule has 0 spiro atoms. The van der Waals surface area contributed by atoms with Crippen molar-refractivity contribution in [3.05, 3.63) is 212 Å². The second-order valence-corrected chi connectivity index (χ2v) is 15.6. The number of hydrogen-bond acceptors (Lipinski definition) is 3. The van der Waals surface area contributed by atoms with Crippen LogP contribution in [-0.4, -0.2) is 0 Å². The van der Waals surface area contributed by atoms with Crippen LogP contribution in [0.25, 0.3) is 86.6 Å². The second kappa shape index (κ2) is 13.8. The molecule has 0 fully saturated rings. The van der Waals surface area contributed by atoms with Crippen LogP contribution in [0.4, 0.5) is 17.1 Å². The van der Waals surface area contributed by atoms with E-state index >= 15 is 0 Å². The van der Waals surface area contributed by atoms with Gasteiger partial charge < -0.3 is 9.32 Å². The molecule has 0 saturated carbocycles. The lowest BCUT2D eigenvalue weighted by molar-refractivity contribution is 0.670. The summed E-state index contributed by atoms with van der Waals surface area (Å²) in [5.41, 5.74) is 14.3. The lowest BCUT2D eigenvalue weighted by atomic mass is 9.98. The van der Waals surface area contributed by atoms with Gasteiger partial charge in [0.15, 0.2) is 0 Å². The first kappa shape index (κ1) is 33.2. The zero-order valence-electron chi connectivity index (χ0n) is 31.0. The van der Waals surface area contributed by atoms with E-state index in [2.05, 4.69) is 217 Å². The van der Waals surface area contributed by atoms with Crippen LogP contribution in [0.2, 0.25) is 0 Å². The van der Waals surface area contributed by atoms with Gasteiger partial charge in [-0.2, -0.15) is 0 Å². The molecule has 2 heterocycles. The summed E-state index contributed by atoms with van der Waals surface area (Å²) in [4.78, 5) is 2.41. The van der Waals surface area contributed by atoms with E-state index in [1.54, 1.807) is 0 Å². The SMILES string of the molecule is c1ccc(-c2ccc(N(c3ccc4sc5cc(-c6ccccc6)ccc5c4c3)c3ccc(-c4ccccc4)c4oc5cc(-c6ccccc6)ccc5c34)cc2)cc1. The summed E-state index contributed by atoms with van der Waals surface area (Å²) in [6.07, 6.45) is 0. The third-order valence-corrected chi connectivity index (χ3v) is 12.2. The summed E-state index contributed by atoms with van der Waals surface area (Å²) >= 11 is 1.85. The van der Waals surface area contributed by atoms with E-state index in [-0.39, 0.29) is 0 Å². The number of hydrogen-bond donors (Lipinski definition) is 0. The molecule has 0 saturated heterocycles. The molecular weight excluding hydrogens is 711 g/mol. The molecule has 0 N–H and O–H groups in total. The van der Waals surface area contributed by atoms with Crippen LogP contribution >= 0.6 is 11.3 Å². The van der Waals surface area contributed by atoms with Crippen molar-refractivity contribution in [3.63, 3.8) is 0 Å². The molecule has 57 heavy (non-hydrogen) atoms. The van der Waals surface area contributed by atoms with Crippen LogP contribution in [-0.2, 0) is 0 Å². The Kier molecular flexibility index (Phi) is 8.04. The molecular formula is C54H35NOS. The number of anilines is 3. The Labute approximate surface area is 335 Å². The number of nitrogens with zero attached hydrogens (tertiary/aromatic N) is 1. The van der Waals surface area contributed by atoms with Gasteiger partial charge >= 0.3 is 0 Å². The molecule has 0 atom stereocenters. The molecule has 0 aliphatic carbocycles. The topological polar surface area (TPSA) is 16.4 Å². The Morgan fingerprint density at radius 3 is 1.53 bits per heavy atom. The predicted octanol–water partition coefficient (Wildman–Crippen LogP) is 16.1. The van der Waals surface area contributed by atoms with Gasteiger partial charge in [-0.15, -0.1) is 11.3 Å². The van der Waals surface area contributed by atoms with Gasteiger partial charge in [-0.1, -0.05) is 152 Å². The molecule has 11 aromatic rings. The minimum absolute atomic E-state index is 0.865. The van der Waals surface area contributed by atoms with E-state index in [1.807, 2.05) is 11.3 Å². The molecule has 0 aliphatic heterocycles. The monoisotopic (exact) mass is 745 g/mol. The maximum Gasteiger partial charge on any atom is 0.145 e. The van der Waals surface area contributed by atoms with Crippen molar-refractivity contribution >= 4 is 70.5 Å². The summed E-state index contributed by atoms with van der Waals surface area (Å²) in [5, 5.41) is 4.68. The van der Waals surface area contributed by atoms with Crippen molar-refractivity contribution in [1.82, 2.24) is 0 Å². The van der Waals surface area contributed by atoms with Gasteiger partial charge in [0.1, 0.15) is 11.2 Å². The van der Waals surface area contributed by atoms with Crippen molar-refractivity contribution < 1.29 is 4.42 Å². The number of thiophene rings is 1. The van der Waals surface area contributed by atoms with Crippen molar-refractivity contribution in [3.8, 4) is 44.5 Å². The quantitative estimate of drug-likeness (QED) is 0.162. The van der Waals surface area contributed by atoms with Gasteiger partial charge in [-0.25, -0.2) is 0 Å². The fourth-order valence-corrected chi connectivity index (χ4v) is 9.40. The standard InChI is InChI=1S/C54H35NOS/c1-5-13-36(14-6-1)39-21-25-43(26-22-39)55(44-27-32-51-48(35-44)46-28-23-42(34-52(46)57-51)38-17-9-3-10-18-38)49-31-30-45(40-19-11-4-12-20-40)54-53(49)47-29-24-41(33-50(47)56-54)37-15-7-2-8-16-37/h1-35H. The molecule has 0 aliphatic rings. The van der Waals surface area contributed by atoms with Gasteiger partial charge in [-0.05, 0) is 99.6 Å². The first-order valence-corrected chi connectivity index (χ1v) is 20.1. The normalized spacial score (nSPS) is 11.5. The molecule has 0 bridgehead atoms. The van der Waals surface area contributed by atoms with Gasteiger partial charge in [0.25, 0.3) is 0 Å². The predicted molar refractivity (Wildman–Crippen MR) is 243 cm³/mol. The summed E-state index contributed by atoms with van der Waals surface area (Å²) < 4.78 is 9.53. The summed E-state index contributed by atoms with van der Waals surface area (Å²) in [5.74, 6) is 0. The van der Waals surface area contributed by atoms with Crippen LogP contribution in [0.3, 0.4) is 0 Å². The highest BCUT2D eigenvalue weighted by atomic mass is 32.1. The average Bonchev–Trinajstić information content (AvgIpc) is 3.86. The van der Waals surface area contributed by atoms with E-state index in [0.717, 1.165) is 61.3 Å². The number of rotatable bonds is 7. The number of furan rings is 1. The van der Waals surface area contributed by atoms with E-state index in [9.17, 15) is 0 Å². The third kappa shape index (κ3) is 5.88. The van der Waals surface area contributed by atoms with Gasteiger partial charge in [0, 0.05) is 42.5 Å². The average molecular weight is 746 g/mol. The Morgan fingerprint density at radius 2 is 0.877 bits per heavy atom. The summed E-state index contributed by atoms with van der Waals surface area (Å²) in [7, 11) is 0. The number of benzene rings is 9. The molecule has 11 rings (SSSR count). The second-order valence-electron chi connectivity index (χ2n) is 14.5. The Hall–Kier alpha value is -7.20. The molecule has 0 amide bonds. The Morgan fingerprint density at radius 1 is 0.351 bits per heavy atom. The fraction of sp³-hybridized carbons (Fsp3) is 0. The van der Waals surface area contributed by atoms with Gasteiger partial charge in [0.2, 0.25) is 0 Å². The Balaban J connectivity index is 1.14. The summed E-state index contributed by atoms with van der Waals surface area (Å²) in [6.45, 7) is 0. The summed E-state index contributed by atoms with van der Waals surface area (Å²) in [6, 6.07) is 76.2. The fourth-order valence-electron chi connectivity index (χ4n) is 8.28. The molecule has 2 aromatic heterocycles. The molecule has 2 nitrogen and oxygen atoms in total. The lowest BCUT2D eigenvalue weighted by Gasteiger charge is -2.27. The number of fused-ring (bicyclic) bond motifs is 6. The zero-order valence-corrected chi connectivity index (χ0v) is 31.8. The molecule has 268 valence electrons. The van der Waals surface area contributed by atoms with E-state index in [0.29, 0.717) is 0 Å². The molecule has 9 aromatic carbocycles. The highest BCUT2D eigenvalue weighted by molar-refractivity contribution is 7.25. The maximum atomic E-state index is 6.98. The third-order valence-electron chi connectivity index (χ3n) is 11.1. The van der Waals surface area contributed by atoms with Crippen molar-refractivity contribution in [2.24, 2.45) is 0 Å². The minimum Gasteiger partial charge on any atom is -0.455 e.